The van der Waals surface area contributed by atoms with Crippen LogP contribution >= 0.6 is 0 Å². The van der Waals surface area contributed by atoms with Gasteiger partial charge in [-0.25, -0.2) is 0 Å². The first-order valence-corrected chi connectivity index (χ1v) is 6.30. The summed E-state index contributed by atoms with van der Waals surface area (Å²) in [5.74, 6) is -0.338. The number of carbonyl (C=O) groups excluding carboxylic acids is 1. The number of hydrogen-bond acceptors (Lipinski definition) is 4. The molecule has 21 heavy (non-hydrogen) atoms. The van der Waals surface area contributed by atoms with Crippen LogP contribution in [0.5, 0.6) is 0 Å². The summed E-state index contributed by atoms with van der Waals surface area (Å²) >= 11 is 0. The normalized spacial score (nSPS) is 10.5. The van der Waals surface area contributed by atoms with Crippen molar-refractivity contribution in [1.29, 1.82) is 5.26 Å². The molecule has 0 aromatic heterocycles. The van der Waals surface area contributed by atoms with Crippen molar-refractivity contribution < 1.29 is 9.63 Å². The van der Waals surface area contributed by atoms with Crippen molar-refractivity contribution in [3.8, 4) is 6.07 Å². The minimum Gasteiger partial charge on any atom is -0.385 e. The van der Waals surface area contributed by atoms with Crippen molar-refractivity contribution in [3.63, 3.8) is 0 Å². The average Bonchev–Trinajstić information content (AvgIpc) is 2.53. The SMILES string of the molecule is N#CC(=NOCC(=O)Nc1ccccc1)c1ccccc1. The van der Waals surface area contributed by atoms with Crippen LogP contribution in [-0.4, -0.2) is 18.2 Å². The topological polar surface area (TPSA) is 74.5 Å². The third kappa shape index (κ3) is 4.48. The molecule has 0 fully saturated rings. The lowest BCUT2D eigenvalue weighted by Crippen LogP contribution is -2.17. The van der Waals surface area contributed by atoms with Gasteiger partial charge in [0.2, 0.25) is 0 Å². The second kappa shape index (κ2) is 7.46. The molecular weight excluding hydrogens is 266 g/mol. The zero-order valence-electron chi connectivity index (χ0n) is 11.2. The second-order valence-electron chi connectivity index (χ2n) is 4.11. The standard InChI is InChI=1S/C16H13N3O2/c17-11-15(13-7-3-1-4-8-13)19-21-12-16(20)18-14-9-5-2-6-10-14/h1-10H,12H2,(H,18,20). The van der Waals surface area contributed by atoms with Crippen molar-refractivity contribution in [2.45, 2.75) is 0 Å². The number of oxime groups is 1. The summed E-state index contributed by atoms with van der Waals surface area (Å²) in [4.78, 5) is 16.6. The lowest BCUT2D eigenvalue weighted by Gasteiger charge is -2.04. The van der Waals surface area contributed by atoms with Gasteiger partial charge in [-0.3, -0.25) is 4.79 Å². The van der Waals surface area contributed by atoms with Gasteiger partial charge in [0.1, 0.15) is 6.07 Å². The highest BCUT2D eigenvalue weighted by molar-refractivity contribution is 6.11. The highest BCUT2D eigenvalue weighted by atomic mass is 16.6. The third-order valence-electron chi connectivity index (χ3n) is 2.56. The van der Waals surface area contributed by atoms with Gasteiger partial charge in [0.15, 0.2) is 12.3 Å². The maximum atomic E-state index is 11.6. The fourth-order valence-electron chi connectivity index (χ4n) is 1.61. The number of nitriles is 1. The van der Waals surface area contributed by atoms with Crippen LogP contribution in [0.15, 0.2) is 65.8 Å². The van der Waals surface area contributed by atoms with E-state index in [1.807, 2.05) is 30.3 Å². The van der Waals surface area contributed by atoms with E-state index in [0.29, 0.717) is 11.3 Å². The van der Waals surface area contributed by atoms with E-state index >= 15 is 0 Å². The van der Waals surface area contributed by atoms with E-state index in [0.717, 1.165) is 0 Å². The van der Waals surface area contributed by atoms with E-state index in [4.69, 9.17) is 10.1 Å². The predicted molar refractivity (Wildman–Crippen MR) is 79.6 cm³/mol. The fourth-order valence-corrected chi connectivity index (χ4v) is 1.61. The number of para-hydroxylation sites is 1. The molecule has 5 heteroatoms. The van der Waals surface area contributed by atoms with Crippen LogP contribution < -0.4 is 5.32 Å². The summed E-state index contributed by atoms with van der Waals surface area (Å²) in [6.45, 7) is -0.257. The smallest absolute Gasteiger partial charge is 0.265 e. The minimum absolute atomic E-state index is 0.128. The largest absolute Gasteiger partial charge is 0.385 e. The molecule has 0 bridgehead atoms. The Morgan fingerprint density at radius 2 is 1.71 bits per heavy atom. The van der Waals surface area contributed by atoms with Crippen LogP contribution in [0.2, 0.25) is 0 Å². The highest BCUT2D eigenvalue weighted by Crippen LogP contribution is 2.05. The molecule has 0 aliphatic heterocycles. The molecule has 2 rings (SSSR count). The van der Waals surface area contributed by atoms with Crippen molar-refractivity contribution in [2.24, 2.45) is 5.16 Å². The van der Waals surface area contributed by atoms with Crippen LogP contribution in [0.25, 0.3) is 0 Å². The Balaban J connectivity index is 1.89. The molecule has 2 aromatic carbocycles. The quantitative estimate of drug-likeness (QED) is 0.675. The predicted octanol–water partition coefficient (Wildman–Crippen LogP) is 2.57. The highest BCUT2D eigenvalue weighted by Gasteiger charge is 2.05. The van der Waals surface area contributed by atoms with E-state index < -0.39 is 0 Å². The summed E-state index contributed by atoms with van der Waals surface area (Å²) in [6.07, 6.45) is 0. The van der Waals surface area contributed by atoms with Gasteiger partial charge in [0, 0.05) is 11.3 Å². The van der Waals surface area contributed by atoms with Gasteiger partial charge in [0.05, 0.1) is 0 Å². The molecule has 0 aliphatic rings. The van der Waals surface area contributed by atoms with Crippen molar-refractivity contribution in [2.75, 3.05) is 11.9 Å². The molecule has 0 spiro atoms. The summed E-state index contributed by atoms with van der Waals surface area (Å²) < 4.78 is 0. The van der Waals surface area contributed by atoms with Crippen molar-refractivity contribution >= 4 is 17.3 Å². The van der Waals surface area contributed by atoms with E-state index in [9.17, 15) is 4.79 Å². The first-order chi connectivity index (χ1) is 10.3. The molecule has 0 radical (unpaired) electrons. The van der Waals surface area contributed by atoms with Gasteiger partial charge in [-0.15, -0.1) is 0 Å². The Morgan fingerprint density at radius 3 is 2.33 bits per heavy atom. The second-order valence-corrected chi connectivity index (χ2v) is 4.11. The lowest BCUT2D eigenvalue weighted by molar-refractivity contribution is -0.120. The van der Waals surface area contributed by atoms with Gasteiger partial charge in [-0.2, -0.15) is 5.26 Å². The number of nitrogens with one attached hydrogen (secondary N) is 1. The number of hydrogen-bond donors (Lipinski definition) is 1. The zero-order chi connectivity index (χ0) is 14.9. The first-order valence-electron chi connectivity index (χ1n) is 6.30. The Morgan fingerprint density at radius 1 is 1.10 bits per heavy atom. The molecule has 1 N–H and O–H groups in total. The molecule has 0 heterocycles. The number of nitrogens with zero attached hydrogens (tertiary/aromatic N) is 2. The summed E-state index contributed by atoms with van der Waals surface area (Å²) in [6, 6.07) is 19.9. The Kier molecular flexibility index (Phi) is 5.07. The van der Waals surface area contributed by atoms with Gasteiger partial charge >= 0.3 is 0 Å². The van der Waals surface area contributed by atoms with Crippen LogP contribution in [0.4, 0.5) is 5.69 Å². The molecule has 2 aromatic rings. The summed E-state index contributed by atoms with van der Waals surface area (Å²) in [5, 5.41) is 15.4. The lowest BCUT2D eigenvalue weighted by atomic mass is 10.1. The van der Waals surface area contributed by atoms with Crippen molar-refractivity contribution in [3.05, 3.63) is 66.2 Å². The molecule has 5 nitrogen and oxygen atoms in total. The number of benzene rings is 2. The monoisotopic (exact) mass is 279 g/mol. The van der Waals surface area contributed by atoms with Gasteiger partial charge < -0.3 is 10.2 Å². The Hall–Kier alpha value is -3.13. The minimum atomic E-state index is -0.338. The fraction of sp³-hybridized carbons (Fsp3) is 0.0625. The van der Waals surface area contributed by atoms with Gasteiger partial charge in [0.25, 0.3) is 5.91 Å². The maximum absolute atomic E-state index is 11.6. The molecule has 104 valence electrons. The van der Waals surface area contributed by atoms with Crippen molar-refractivity contribution in [1.82, 2.24) is 0 Å². The molecule has 0 atom stereocenters. The molecule has 0 aliphatic carbocycles. The van der Waals surface area contributed by atoms with E-state index in [-0.39, 0.29) is 18.2 Å². The molecule has 0 saturated heterocycles. The molecule has 1 amide bonds. The zero-order valence-corrected chi connectivity index (χ0v) is 11.2. The van der Waals surface area contributed by atoms with Gasteiger partial charge in [-0.05, 0) is 12.1 Å². The van der Waals surface area contributed by atoms with E-state index in [2.05, 4.69) is 10.5 Å². The third-order valence-corrected chi connectivity index (χ3v) is 2.56. The molecular formula is C16H13N3O2. The van der Waals surface area contributed by atoms with Gasteiger partial charge in [-0.1, -0.05) is 53.7 Å². The van der Waals surface area contributed by atoms with E-state index in [1.165, 1.54) is 0 Å². The summed E-state index contributed by atoms with van der Waals surface area (Å²) in [5.41, 5.74) is 1.45. The Bertz CT molecular complexity index is 661. The maximum Gasteiger partial charge on any atom is 0.265 e. The Labute approximate surface area is 122 Å². The van der Waals surface area contributed by atoms with Crippen LogP contribution in [-0.2, 0) is 9.63 Å². The summed E-state index contributed by atoms with van der Waals surface area (Å²) in [7, 11) is 0. The van der Waals surface area contributed by atoms with Crippen LogP contribution in [0.1, 0.15) is 5.56 Å². The van der Waals surface area contributed by atoms with Crippen LogP contribution in [0.3, 0.4) is 0 Å². The number of rotatable bonds is 5. The number of amides is 1. The average molecular weight is 279 g/mol. The number of carbonyl (C=O) groups is 1. The molecule has 0 saturated carbocycles. The first kappa shape index (κ1) is 14.3. The number of anilines is 1. The van der Waals surface area contributed by atoms with E-state index in [1.54, 1.807) is 36.4 Å². The molecule has 0 unspecified atom stereocenters. The van der Waals surface area contributed by atoms with Crippen LogP contribution in [0, 0.1) is 11.3 Å².